The maximum atomic E-state index is 13.7. The lowest BCUT2D eigenvalue weighted by molar-refractivity contribution is 0.354. The maximum absolute atomic E-state index is 13.7. The highest BCUT2D eigenvalue weighted by molar-refractivity contribution is 5.70. The van der Waals surface area contributed by atoms with Crippen LogP contribution in [0.4, 0.5) is 5.69 Å². The van der Waals surface area contributed by atoms with E-state index in [0.29, 0.717) is 36.6 Å². The van der Waals surface area contributed by atoms with Crippen molar-refractivity contribution in [2.24, 2.45) is 10.7 Å². The number of benzene rings is 2. The van der Waals surface area contributed by atoms with Gasteiger partial charge < -0.3 is 15.2 Å². The Kier molecular flexibility index (Phi) is 6.93. The van der Waals surface area contributed by atoms with E-state index in [9.17, 15) is 4.79 Å². The summed E-state index contributed by atoms with van der Waals surface area (Å²) in [5, 5.41) is 0. The number of aromatic nitrogens is 2. The molecule has 4 rings (SSSR count). The highest BCUT2D eigenvalue weighted by atomic mass is 16.5. The second kappa shape index (κ2) is 9.89. The molecule has 7 heteroatoms. The molecule has 0 unspecified atom stereocenters. The van der Waals surface area contributed by atoms with Crippen LogP contribution in [0.25, 0.3) is 11.3 Å². The molecular weight excluding hydrogens is 428 g/mol. The summed E-state index contributed by atoms with van der Waals surface area (Å²) in [4.78, 5) is 18.7. The van der Waals surface area contributed by atoms with Crippen LogP contribution in [0.5, 0.6) is 11.5 Å². The molecule has 34 heavy (non-hydrogen) atoms. The van der Waals surface area contributed by atoms with Crippen LogP contribution in [0.3, 0.4) is 0 Å². The lowest BCUT2D eigenvalue weighted by atomic mass is 9.97. The molecule has 2 heterocycles. The number of rotatable bonds is 7. The first-order valence-corrected chi connectivity index (χ1v) is 11.8. The second-order valence-corrected chi connectivity index (χ2v) is 8.94. The van der Waals surface area contributed by atoms with E-state index < -0.39 is 0 Å². The van der Waals surface area contributed by atoms with Gasteiger partial charge in [0.2, 0.25) is 0 Å². The minimum absolute atomic E-state index is 0.0453. The number of nitrogens with two attached hydrogens (primary N) is 1. The number of nitrogens with zero attached hydrogens (tertiary/aromatic N) is 3. The maximum Gasteiger partial charge on any atom is 0.330 e. The molecule has 0 saturated carbocycles. The van der Waals surface area contributed by atoms with Gasteiger partial charge >= 0.3 is 5.69 Å². The van der Waals surface area contributed by atoms with Crippen molar-refractivity contribution in [1.29, 1.82) is 0 Å². The van der Waals surface area contributed by atoms with Crippen LogP contribution >= 0.6 is 0 Å². The monoisotopic (exact) mass is 462 g/mol. The zero-order valence-corrected chi connectivity index (χ0v) is 20.8. The third-order valence-corrected chi connectivity index (χ3v) is 6.48. The van der Waals surface area contributed by atoms with Crippen LogP contribution in [0.2, 0.25) is 0 Å². The SMILES string of the molecule is COc1cc2c(cc1OC)-c1cc(=Nc3c(C)cc(C)cc3C)n(CCCCN)c(=O)n1CC2. The van der Waals surface area contributed by atoms with Crippen molar-refractivity contribution >= 4 is 5.69 Å². The fourth-order valence-electron chi connectivity index (χ4n) is 4.84. The molecule has 0 amide bonds. The second-order valence-electron chi connectivity index (χ2n) is 8.94. The molecule has 2 N–H and O–H groups in total. The molecule has 0 fully saturated rings. The van der Waals surface area contributed by atoms with Crippen LogP contribution in [-0.4, -0.2) is 29.9 Å². The molecule has 0 atom stereocenters. The zero-order chi connectivity index (χ0) is 24.4. The quantitative estimate of drug-likeness (QED) is 0.542. The van der Waals surface area contributed by atoms with Crippen LogP contribution < -0.4 is 26.4 Å². The van der Waals surface area contributed by atoms with E-state index in [4.69, 9.17) is 20.2 Å². The van der Waals surface area contributed by atoms with Gasteiger partial charge in [0.15, 0.2) is 11.5 Å². The molecule has 0 spiro atoms. The number of hydrogen-bond donors (Lipinski definition) is 1. The van der Waals surface area contributed by atoms with Crippen LogP contribution in [0.1, 0.15) is 35.1 Å². The van der Waals surface area contributed by atoms with Gasteiger partial charge in [0.05, 0.1) is 25.6 Å². The molecular formula is C27H34N4O3. The van der Waals surface area contributed by atoms with Crippen molar-refractivity contribution in [3.05, 3.63) is 68.6 Å². The van der Waals surface area contributed by atoms with Gasteiger partial charge in [-0.15, -0.1) is 0 Å². The van der Waals surface area contributed by atoms with Crippen molar-refractivity contribution in [3.8, 4) is 22.8 Å². The summed E-state index contributed by atoms with van der Waals surface area (Å²) in [5.74, 6) is 1.34. The molecule has 0 radical (unpaired) electrons. The van der Waals surface area contributed by atoms with Gasteiger partial charge in [0.1, 0.15) is 5.49 Å². The Hall–Kier alpha value is -3.32. The Morgan fingerprint density at radius 1 is 0.971 bits per heavy atom. The predicted octanol–water partition coefficient (Wildman–Crippen LogP) is 3.79. The van der Waals surface area contributed by atoms with Gasteiger partial charge in [-0.1, -0.05) is 17.7 Å². The Morgan fingerprint density at radius 3 is 2.29 bits per heavy atom. The lowest BCUT2D eigenvalue weighted by Crippen LogP contribution is -2.42. The largest absolute Gasteiger partial charge is 0.493 e. The molecule has 1 aliphatic heterocycles. The molecule has 0 bridgehead atoms. The number of methoxy groups -OCH3 is 2. The summed E-state index contributed by atoms with van der Waals surface area (Å²) in [7, 11) is 3.26. The van der Waals surface area contributed by atoms with Gasteiger partial charge in [0, 0.05) is 24.7 Å². The van der Waals surface area contributed by atoms with Gasteiger partial charge in [-0.3, -0.25) is 9.13 Å². The zero-order valence-electron chi connectivity index (χ0n) is 20.8. The van der Waals surface area contributed by atoms with Crippen molar-refractivity contribution in [2.45, 2.75) is 53.1 Å². The fourth-order valence-corrected chi connectivity index (χ4v) is 4.84. The predicted molar refractivity (Wildman–Crippen MR) is 135 cm³/mol. The van der Waals surface area contributed by atoms with E-state index in [-0.39, 0.29) is 5.69 Å². The molecule has 1 aliphatic rings. The van der Waals surface area contributed by atoms with Crippen molar-refractivity contribution in [2.75, 3.05) is 20.8 Å². The molecule has 0 aliphatic carbocycles. The summed E-state index contributed by atoms with van der Waals surface area (Å²) in [6, 6.07) is 10.3. The average Bonchev–Trinajstić information content (AvgIpc) is 2.81. The summed E-state index contributed by atoms with van der Waals surface area (Å²) < 4.78 is 14.7. The fraction of sp³-hybridized carbons (Fsp3) is 0.407. The summed E-state index contributed by atoms with van der Waals surface area (Å²) in [5.41, 5.74) is 13.6. The minimum Gasteiger partial charge on any atom is -0.493 e. The van der Waals surface area contributed by atoms with Crippen LogP contribution in [0.15, 0.2) is 40.1 Å². The number of ether oxygens (including phenoxy) is 2. The molecule has 2 aromatic carbocycles. The first kappa shape index (κ1) is 23.8. The number of hydrogen-bond acceptors (Lipinski definition) is 5. The van der Waals surface area contributed by atoms with E-state index in [1.54, 1.807) is 18.8 Å². The Balaban J connectivity index is 1.99. The van der Waals surface area contributed by atoms with E-state index >= 15 is 0 Å². The van der Waals surface area contributed by atoms with Crippen molar-refractivity contribution in [3.63, 3.8) is 0 Å². The smallest absolute Gasteiger partial charge is 0.330 e. The summed E-state index contributed by atoms with van der Waals surface area (Å²) in [6.07, 6.45) is 2.43. The van der Waals surface area contributed by atoms with Gasteiger partial charge in [-0.2, -0.15) is 0 Å². The van der Waals surface area contributed by atoms with Crippen LogP contribution in [0, 0.1) is 20.8 Å². The highest BCUT2D eigenvalue weighted by Gasteiger charge is 2.22. The van der Waals surface area contributed by atoms with Gasteiger partial charge in [-0.05, 0) is 75.4 Å². The average molecular weight is 463 g/mol. The van der Waals surface area contributed by atoms with Crippen molar-refractivity contribution in [1.82, 2.24) is 9.13 Å². The van der Waals surface area contributed by atoms with E-state index in [2.05, 4.69) is 32.9 Å². The first-order valence-electron chi connectivity index (χ1n) is 11.8. The normalized spacial score (nSPS) is 12.9. The Bertz CT molecular complexity index is 1330. The third kappa shape index (κ3) is 4.40. The minimum atomic E-state index is -0.0453. The highest BCUT2D eigenvalue weighted by Crippen LogP contribution is 2.37. The van der Waals surface area contributed by atoms with Gasteiger partial charge in [-0.25, -0.2) is 9.79 Å². The molecule has 180 valence electrons. The number of fused-ring (bicyclic) bond motifs is 3. The topological polar surface area (TPSA) is 83.8 Å². The molecule has 1 aromatic heterocycles. The molecule has 0 saturated heterocycles. The van der Waals surface area contributed by atoms with E-state index in [1.807, 2.05) is 22.8 Å². The summed E-state index contributed by atoms with van der Waals surface area (Å²) >= 11 is 0. The first-order chi connectivity index (χ1) is 16.4. The van der Waals surface area contributed by atoms with Crippen LogP contribution in [-0.2, 0) is 19.5 Å². The molecule has 7 nitrogen and oxygen atoms in total. The Labute approximate surface area is 200 Å². The number of unbranched alkanes of at least 4 members (excludes halogenated alkanes) is 1. The lowest BCUT2D eigenvalue weighted by Gasteiger charge is -2.24. The van der Waals surface area contributed by atoms with Crippen molar-refractivity contribution < 1.29 is 9.47 Å². The van der Waals surface area contributed by atoms with E-state index in [1.165, 1.54) is 5.56 Å². The van der Waals surface area contributed by atoms with E-state index in [0.717, 1.165) is 52.9 Å². The number of aryl methyl sites for hydroxylation is 4. The van der Waals surface area contributed by atoms with Gasteiger partial charge in [0.25, 0.3) is 0 Å². The molecule has 3 aromatic rings. The third-order valence-electron chi connectivity index (χ3n) is 6.48. The summed E-state index contributed by atoms with van der Waals surface area (Å²) in [6.45, 7) is 8.00. The Morgan fingerprint density at radius 2 is 1.65 bits per heavy atom. The standard InChI is InChI=1S/C27H34N4O3/c1-17-12-18(2)26(19(3)13-17)29-25-16-22-21-15-24(34-5)23(33-4)14-20(21)8-11-30(22)27(32)31(25)10-7-6-9-28/h12-16H,6-11,28H2,1-5H3.